The summed E-state index contributed by atoms with van der Waals surface area (Å²) in [6, 6.07) is 12.3. The van der Waals surface area contributed by atoms with E-state index in [0.717, 1.165) is 11.1 Å². The first kappa shape index (κ1) is 16.0. The van der Waals surface area contributed by atoms with E-state index < -0.39 is 10.0 Å². The fourth-order valence-electron chi connectivity index (χ4n) is 1.91. The van der Waals surface area contributed by atoms with E-state index in [1.807, 2.05) is 26.1 Å². The summed E-state index contributed by atoms with van der Waals surface area (Å²) < 4.78 is 28.1. The molecule has 0 saturated carbocycles. The van der Waals surface area contributed by atoms with Crippen molar-refractivity contribution < 1.29 is 8.42 Å². The molecule has 0 aliphatic rings. The number of hydrogen-bond donors (Lipinski definition) is 2. The van der Waals surface area contributed by atoms with E-state index in [1.54, 1.807) is 30.3 Å². The molecule has 0 heterocycles. The van der Waals surface area contributed by atoms with Crippen LogP contribution in [-0.2, 0) is 16.6 Å². The molecule has 4 nitrogen and oxygen atoms in total. The molecule has 112 valence electrons. The SMILES string of the molecule is CNCc1ccc(S(=O)(=O)Nc2cc(C)ccc2Br)cc1. The Morgan fingerprint density at radius 2 is 1.76 bits per heavy atom. The van der Waals surface area contributed by atoms with Crippen LogP contribution in [-0.4, -0.2) is 15.5 Å². The summed E-state index contributed by atoms with van der Waals surface area (Å²) in [5.41, 5.74) is 2.56. The zero-order valence-corrected chi connectivity index (χ0v) is 14.3. The summed E-state index contributed by atoms with van der Waals surface area (Å²) in [5, 5.41) is 3.02. The van der Waals surface area contributed by atoms with E-state index in [1.165, 1.54) is 0 Å². The van der Waals surface area contributed by atoms with Crippen LogP contribution in [0.4, 0.5) is 5.69 Å². The number of halogens is 1. The number of hydrogen-bond acceptors (Lipinski definition) is 3. The van der Waals surface area contributed by atoms with Crippen molar-refractivity contribution in [3.05, 3.63) is 58.1 Å². The average molecular weight is 369 g/mol. The van der Waals surface area contributed by atoms with Crippen LogP contribution >= 0.6 is 15.9 Å². The summed E-state index contributed by atoms with van der Waals surface area (Å²) in [6.45, 7) is 2.62. The van der Waals surface area contributed by atoms with Crippen molar-refractivity contribution in [3.63, 3.8) is 0 Å². The lowest BCUT2D eigenvalue weighted by Crippen LogP contribution is -2.13. The molecule has 2 aromatic carbocycles. The molecule has 2 rings (SSSR count). The van der Waals surface area contributed by atoms with E-state index in [9.17, 15) is 8.42 Å². The Bertz CT molecular complexity index is 728. The van der Waals surface area contributed by atoms with E-state index in [-0.39, 0.29) is 4.90 Å². The molecule has 0 amide bonds. The summed E-state index contributed by atoms with van der Waals surface area (Å²) in [6.07, 6.45) is 0. The highest BCUT2D eigenvalue weighted by molar-refractivity contribution is 9.10. The second kappa shape index (κ2) is 6.60. The molecular weight excluding hydrogens is 352 g/mol. The zero-order valence-electron chi connectivity index (χ0n) is 11.9. The number of aryl methyl sites for hydroxylation is 1. The minimum absolute atomic E-state index is 0.246. The quantitative estimate of drug-likeness (QED) is 0.851. The third kappa shape index (κ3) is 4.06. The van der Waals surface area contributed by atoms with Crippen molar-refractivity contribution in [2.24, 2.45) is 0 Å². The summed E-state index contributed by atoms with van der Waals surface area (Å²) in [7, 11) is -1.74. The van der Waals surface area contributed by atoms with Crippen LogP contribution < -0.4 is 10.0 Å². The number of sulfonamides is 1. The summed E-state index contributed by atoms with van der Waals surface area (Å²) in [4.78, 5) is 0.246. The van der Waals surface area contributed by atoms with Crippen LogP contribution in [0.5, 0.6) is 0 Å². The third-order valence-electron chi connectivity index (χ3n) is 2.98. The second-order valence-corrected chi connectivity index (χ2v) is 7.30. The molecule has 0 aromatic heterocycles. The number of anilines is 1. The van der Waals surface area contributed by atoms with Gasteiger partial charge in [0.2, 0.25) is 0 Å². The van der Waals surface area contributed by atoms with E-state index in [4.69, 9.17) is 0 Å². The molecule has 0 saturated heterocycles. The number of rotatable bonds is 5. The minimum atomic E-state index is -3.58. The Kier molecular flexibility index (Phi) is 5.03. The van der Waals surface area contributed by atoms with Crippen LogP contribution in [0.2, 0.25) is 0 Å². The Morgan fingerprint density at radius 3 is 2.38 bits per heavy atom. The lowest BCUT2D eigenvalue weighted by Gasteiger charge is -2.11. The van der Waals surface area contributed by atoms with Crippen molar-refractivity contribution >= 4 is 31.6 Å². The van der Waals surface area contributed by atoms with Crippen LogP contribution in [0, 0.1) is 6.92 Å². The lowest BCUT2D eigenvalue weighted by atomic mass is 10.2. The van der Waals surface area contributed by atoms with Gasteiger partial charge in [-0.2, -0.15) is 0 Å². The molecule has 2 N–H and O–H groups in total. The molecule has 0 aliphatic heterocycles. The van der Waals surface area contributed by atoms with Gasteiger partial charge in [0.1, 0.15) is 0 Å². The maximum atomic E-state index is 12.4. The predicted octanol–water partition coefficient (Wildman–Crippen LogP) is 3.28. The van der Waals surface area contributed by atoms with Crippen molar-refractivity contribution in [1.82, 2.24) is 5.32 Å². The van der Waals surface area contributed by atoms with Crippen molar-refractivity contribution in [2.75, 3.05) is 11.8 Å². The maximum Gasteiger partial charge on any atom is 0.261 e. The average Bonchev–Trinajstić information content (AvgIpc) is 2.44. The largest absolute Gasteiger partial charge is 0.316 e. The molecule has 2 aromatic rings. The van der Waals surface area contributed by atoms with Gasteiger partial charge in [-0.3, -0.25) is 4.72 Å². The summed E-state index contributed by atoms with van der Waals surface area (Å²) in [5.74, 6) is 0. The van der Waals surface area contributed by atoms with Gasteiger partial charge in [-0.05, 0) is 65.3 Å². The molecule has 0 spiro atoms. The Balaban J connectivity index is 2.27. The lowest BCUT2D eigenvalue weighted by molar-refractivity contribution is 0.601. The second-order valence-electron chi connectivity index (χ2n) is 4.76. The van der Waals surface area contributed by atoms with E-state index in [2.05, 4.69) is 26.0 Å². The molecule has 0 radical (unpaired) electrons. The first-order valence-corrected chi connectivity index (χ1v) is 8.72. The van der Waals surface area contributed by atoms with Gasteiger partial charge in [0, 0.05) is 11.0 Å². The van der Waals surface area contributed by atoms with Crippen LogP contribution in [0.25, 0.3) is 0 Å². The van der Waals surface area contributed by atoms with Crippen molar-refractivity contribution in [3.8, 4) is 0 Å². The van der Waals surface area contributed by atoms with Gasteiger partial charge in [0.25, 0.3) is 10.0 Å². The molecule has 6 heteroatoms. The van der Waals surface area contributed by atoms with Crippen LogP contribution in [0.1, 0.15) is 11.1 Å². The first-order valence-electron chi connectivity index (χ1n) is 6.45. The van der Waals surface area contributed by atoms with Crippen LogP contribution in [0.15, 0.2) is 51.8 Å². The standard InChI is InChI=1S/C15H17BrN2O2S/c1-11-3-8-14(16)15(9-11)18-21(19,20)13-6-4-12(5-7-13)10-17-2/h3-9,17-18H,10H2,1-2H3. The number of benzene rings is 2. The maximum absolute atomic E-state index is 12.4. The molecular formula is C15H17BrN2O2S. The Morgan fingerprint density at radius 1 is 1.10 bits per heavy atom. The van der Waals surface area contributed by atoms with Gasteiger partial charge in [-0.25, -0.2) is 8.42 Å². The van der Waals surface area contributed by atoms with Crippen molar-refractivity contribution in [2.45, 2.75) is 18.4 Å². The molecule has 21 heavy (non-hydrogen) atoms. The highest BCUT2D eigenvalue weighted by atomic mass is 79.9. The third-order valence-corrected chi connectivity index (χ3v) is 5.05. The highest BCUT2D eigenvalue weighted by Crippen LogP contribution is 2.26. The highest BCUT2D eigenvalue weighted by Gasteiger charge is 2.15. The minimum Gasteiger partial charge on any atom is -0.316 e. The van der Waals surface area contributed by atoms with Gasteiger partial charge in [0.15, 0.2) is 0 Å². The monoisotopic (exact) mass is 368 g/mol. The van der Waals surface area contributed by atoms with E-state index in [0.29, 0.717) is 16.7 Å². The van der Waals surface area contributed by atoms with Gasteiger partial charge >= 0.3 is 0 Å². The fraction of sp³-hybridized carbons (Fsp3) is 0.200. The fourth-order valence-corrected chi connectivity index (χ4v) is 3.46. The first-order chi connectivity index (χ1) is 9.92. The molecule has 0 atom stereocenters. The van der Waals surface area contributed by atoms with Crippen LogP contribution in [0.3, 0.4) is 0 Å². The molecule has 0 aliphatic carbocycles. The normalized spacial score (nSPS) is 11.4. The predicted molar refractivity (Wildman–Crippen MR) is 88.9 cm³/mol. The molecule has 0 fully saturated rings. The Labute approximate surface area is 133 Å². The van der Waals surface area contributed by atoms with Gasteiger partial charge in [-0.1, -0.05) is 18.2 Å². The van der Waals surface area contributed by atoms with Crippen molar-refractivity contribution in [1.29, 1.82) is 0 Å². The molecule has 0 unspecified atom stereocenters. The summed E-state index contributed by atoms with van der Waals surface area (Å²) >= 11 is 3.35. The van der Waals surface area contributed by atoms with Gasteiger partial charge < -0.3 is 5.32 Å². The smallest absolute Gasteiger partial charge is 0.261 e. The molecule has 0 bridgehead atoms. The Hall–Kier alpha value is -1.37. The van der Waals surface area contributed by atoms with Gasteiger partial charge in [0.05, 0.1) is 10.6 Å². The van der Waals surface area contributed by atoms with Gasteiger partial charge in [-0.15, -0.1) is 0 Å². The van der Waals surface area contributed by atoms with E-state index >= 15 is 0 Å². The topological polar surface area (TPSA) is 58.2 Å². The zero-order chi connectivity index (χ0) is 15.5. The number of nitrogens with one attached hydrogen (secondary N) is 2.